The number of ether oxygens (including phenoxy) is 2. The fourth-order valence-electron chi connectivity index (χ4n) is 4.77. The maximum Gasteiger partial charge on any atom is 0.343 e. The number of aliphatic hydroxyl groups excluding tert-OH is 3. The Morgan fingerprint density at radius 2 is 1.69 bits per heavy atom. The highest BCUT2D eigenvalue weighted by molar-refractivity contribution is 5.97. The number of rotatable bonds is 10. The summed E-state index contributed by atoms with van der Waals surface area (Å²) in [5.74, 6) is -9.25. The lowest BCUT2D eigenvalue weighted by Gasteiger charge is -2.48. The van der Waals surface area contributed by atoms with Crippen LogP contribution in [0.4, 0.5) is 0 Å². The van der Waals surface area contributed by atoms with Gasteiger partial charge in [-0.1, -0.05) is 42.0 Å². The van der Waals surface area contributed by atoms with Crippen molar-refractivity contribution >= 4 is 17.9 Å². The SMILES string of the molecule is C/C(=C\[C@H](CO)Cc1ccccc1)CC[C@]12O[C@H](C(=O)O)[C@@](O)(C(=O)O)[C@](C(=O)O)(O1)[C@H](O)[C@H]2O. The molecule has 12 heteroatoms. The zero-order chi connectivity index (χ0) is 26.2. The van der Waals surface area contributed by atoms with Crippen LogP contribution in [0.5, 0.6) is 0 Å². The molecular formula is C23H28O12. The van der Waals surface area contributed by atoms with Crippen LogP contribution in [0.15, 0.2) is 42.0 Å². The van der Waals surface area contributed by atoms with Crippen LogP contribution in [0.25, 0.3) is 0 Å². The number of benzene rings is 1. The van der Waals surface area contributed by atoms with Crippen LogP contribution in [-0.2, 0) is 30.3 Å². The smallest absolute Gasteiger partial charge is 0.343 e. The van der Waals surface area contributed by atoms with Crippen LogP contribution in [0.3, 0.4) is 0 Å². The van der Waals surface area contributed by atoms with Gasteiger partial charge < -0.3 is 45.2 Å². The molecule has 0 aliphatic carbocycles. The molecule has 2 fully saturated rings. The number of carboxylic acid groups (broad SMARTS) is 3. The predicted molar refractivity (Wildman–Crippen MR) is 115 cm³/mol. The van der Waals surface area contributed by atoms with E-state index in [1.54, 1.807) is 13.0 Å². The van der Waals surface area contributed by atoms with Gasteiger partial charge in [-0.25, -0.2) is 14.4 Å². The molecule has 2 heterocycles. The Hall–Kier alpha value is -2.87. The van der Waals surface area contributed by atoms with E-state index in [0.717, 1.165) is 5.56 Å². The molecule has 1 aromatic carbocycles. The first-order chi connectivity index (χ1) is 16.4. The predicted octanol–water partition coefficient (Wildman–Crippen LogP) is -0.865. The van der Waals surface area contributed by atoms with E-state index in [9.17, 15) is 50.1 Å². The normalized spacial score (nSPS) is 35.5. The van der Waals surface area contributed by atoms with Gasteiger partial charge in [0.2, 0.25) is 17.3 Å². The van der Waals surface area contributed by atoms with Gasteiger partial charge >= 0.3 is 17.9 Å². The maximum absolute atomic E-state index is 12.1. The minimum absolute atomic E-state index is 0.0304. The Morgan fingerprint density at radius 1 is 1.06 bits per heavy atom. The number of carbonyl (C=O) groups is 3. The number of aliphatic carboxylic acids is 3. The largest absolute Gasteiger partial charge is 0.479 e. The Balaban J connectivity index is 1.90. The summed E-state index contributed by atoms with van der Waals surface area (Å²) in [4.78, 5) is 35.8. The van der Waals surface area contributed by atoms with Crippen molar-refractivity contribution in [3.63, 3.8) is 0 Å². The van der Waals surface area contributed by atoms with Gasteiger partial charge in [0, 0.05) is 18.9 Å². The summed E-state index contributed by atoms with van der Waals surface area (Å²) in [5.41, 5.74) is -5.56. The van der Waals surface area contributed by atoms with Gasteiger partial charge in [-0.15, -0.1) is 0 Å². The van der Waals surface area contributed by atoms with Gasteiger partial charge in [0.15, 0.2) is 5.79 Å². The topological polar surface area (TPSA) is 211 Å². The van der Waals surface area contributed by atoms with Gasteiger partial charge in [0.1, 0.15) is 12.2 Å². The third kappa shape index (κ3) is 4.22. The maximum atomic E-state index is 12.1. The lowest BCUT2D eigenvalue weighted by atomic mass is 9.74. The Morgan fingerprint density at radius 3 is 2.20 bits per heavy atom. The van der Waals surface area contributed by atoms with Gasteiger partial charge in [0.05, 0.1) is 0 Å². The summed E-state index contributed by atoms with van der Waals surface area (Å²) in [6.45, 7) is 1.50. The summed E-state index contributed by atoms with van der Waals surface area (Å²) >= 11 is 0. The highest BCUT2D eigenvalue weighted by atomic mass is 16.8. The van der Waals surface area contributed by atoms with E-state index in [1.165, 1.54) is 0 Å². The molecule has 0 aromatic heterocycles. The van der Waals surface area contributed by atoms with Crippen molar-refractivity contribution in [3.8, 4) is 0 Å². The average molecular weight is 496 g/mol. The van der Waals surface area contributed by atoms with Crippen molar-refractivity contribution in [2.45, 2.75) is 61.5 Å². The fourth-order valence-corrected chi connectivity index (χ4v) is 4.77. The molecule has 0 amide bonds. The van der Waals surface area contributed by atoms with Crippen LogP contribution >= 0.6 is 0 Å². The first-order valence-electron chi connectivity index (χ1n) is 10.8. The molecule has 0 spiro atoms. The quantitative estimate of drug-likeness (QED) is 0.197. The molecule has 2 aliphatic heterocycles. The number of aliphatic hydroxyl groups is 4. The molecular weight excluding hydrogens is 468 g/mol. The van der Waals surface area contributed by atoms with Crippen LogP contribution in [-0.4, -0.2) is 95.6 Å². The van der Waals surface area contributed by atoms with E-state index < -0.39 is 53.2 Å². The molecule has 192 valence electrons. The lowest BCUT2D eigenvalue weighted by Crippen LogP contribution is -2.77. The molecule has 1 aromatic rings. The molecule has 2 saturated heterocycles. The molecule has 3 rings (SSSR count). The van der Waals surface area contributed by atoms with E-state index in [1.807, 2.05) is 30.3 Å². The highest BCUT2D eigenvalue weighted by Crippen LogP contribution is 2.54. The number of hydrogen-bond acceptors (Lipinski definition) is 9. The van der Waals surface area contributed by atoms with E-state index in [0.29, 0.717) is 12.0 Å². The van der Waals surface area contributed by atoms with Crippen molar-refractivity contribution in [2.24, 2.45) is 5.92 Å². The molecule has 7 atom stereocenters. The molecule has 0 unspecified atom stereocenters. The van der Waals surface area contributed by atoms with Crippen molar-refractivity contribution in [1.29, 1.82) is 0 Å². The Kier molecular flexibility index (Phi) is 7.37. The van der Waals surface area contributed by atoms with Crippen LogP contribution in [0.1, 0.15) is 25.3 Å². The average Bonchev–Trinajstić information content (AvgIpc) is 3.01. The van der Waals surface area contributed by atoms with Gasteiger partial charge in [0.25, 0.3) is 0 Å². The summed E-state index contributed by atoms with van der Waals surface area (Å²) in [6.07, 6.45) is -5.49. The molecule has 35 heavy (non-hydrogen) atoms. The fraction of sp³-hybridized carbons (Fsp3) is 0.522. The number of carboxylic acids is 3. The monoisotopic (exact) mass is 496 g/mol. The Bertz CT molecular complexity index is 1010. The highest BCUT2D eigenvalue weighted by Gasteiger charge is 2.84. The molecule has 2 bridgehead atoms. The van der Waals surface area contributed by atoms with Crippen LogP contribution in [0.2, 0.25) is 0 Å². The first-order valence-corrected chi connectivity index (χ1v) is 10.8. The summed E-state index contributed by atoms with van der Waals surface area (Å²) < 4.78 is 10.5. The second-order valence-electron chi connectivity index (χ2n) is 8.90. The van der Waals surface area contributed by atoms with Crippen molar-refractivity contribution in [2.75, 3.05) is 6.61 Å². The first kappa shape index (κ1) is 26.7. The molecule has 12 nitrogen and oxygen atoms in total. The second-order valence-corrected chi connectivity index (χ2v) is 8.90. The van der Waals surface area contributed by atoms with Gasteiger partial charge in [-0.05, 0) is 25.3 Å². The lowest BCUT2D eigenvalue weighted by molar-refractivity contribution is -0.373. The number of fused-ring (bicyclic) bond motifs is 2. The van der Waals surface area contributed by atoms with Crippen molar-refractivity contribution in [1.82, 2.24) is 0 Å². The zero-order valence-corrected chi connectivity index (χ0v) is 18.8. The Labute approximate surface area is 199 Å². The number of hydrogen-bond donors (Lipinski definition) is 7. The van der Waals surface area contributed by atoms with Crippen molar-refractivity contribution in [3.05, 3.63) is 47.5 Å². The summed E-state index contributed by atoms with van der Waals surface area (Å²) in [6, 6.07) is 9.36. The van der Waals surface area contributed by atoms with Crippen LogP contribution in [0, 0.1) is 5.92 Å². The van der Waals surface area contributed by atoms with E-state index in [-0.39, 0.29) is 25.4 Å². The summed E-state index contributed by atoms with van der Waals surface area (Å²) in [5, 5.41) is 70.5. The molecule has 0 radical (unpaired) electrons. The third-order valence-corrected chi connectivity index (χ3v) is 6.59. The van der Waals surface area contributed by atoms with E-state index in [2.05, 4.69) is 0 Å². The molecule has 7 N–H and O–H groups in total. The second kappa shape index (κ2) is 9.64. The minimum atomic E-state index is -3.76. The van der Waals surface area contributed by atoms with E-state index >= 15 is 0 Å². The van der Waals surface area contributed by atoms with Crippen molar-refractivity contribution < 1.29 is 59.6 Å². The molecule has 2 aliphatic rings. The number of allylic oxidation sites excluding steroid dienone is 1. The third-order valence-electron chi connectivity index (χ3n) is 6.59. The van der Waals surface area contributed by atoms with Crippen LogP contribution < -0.4 is 0 Å². The standard InChI is InChI=1S/C23H28O12/c1-12(9-14(11-24)10-13-5-3-2-4-6-13)7-8-21-15(25)16(26)23(35-21,20(31)32)22(33,19(29)30)17(34-21)18(27)28/h2-6,9,14-17,24-26,33H,7-8,10-11H2,1H3,(H,27,28)(H,29,30)(H,31,32)/b12-9+/t14-,15+,16+,17+,21-,22+,23-/m0/s1. The summed E-state index contributed by atoms with van der Waals surface area (Å²) in [7, 11) is 0. The van der Waals surface area contributed by atoms with Gasteiger partial charge in [-0.2, -0.15) is 0 Å². The zero-order valence-electron chi connectivity index (χ0n) is 18.8. The van der Waals surface area contributed by atoms with E-state index in [4.69, 9.17) is 9.47 Å². The molecule has 0 saturated carbocycles. The minimum Gasteiger partial charge on any atom is -0.479 e. The van der Waals surface area contributed by atoms with Gasteiger partial charge in [-0.3, -0.25) is 0 Å².